The minimum atomic E-state index is -1.50. The summed E-state index contributed by atoms with van der Waals surface area (Å²) in [7, 11) is 0. The third kappa shape index (κ3) is 3.86. The normalized spacial score (nSPS) is 11.5. The number of amides is 1. The highest BCUT2D eigenvalue weighted by Crippen LogP contribution is 1.96. The van der Waals surface area contributed by atoms with Gasteiger partial charge >= 0.3 is 11.9 Å². The van der Waals surface area contributed by atoms with Crippen LogP contribution in [0, 0.1) is 0 Å². The molecule has 0 unspecified atom stereocenters. The van der Waals surface area contributed by atoms with E-state index in [1.807, 2.05) is 5.32 Å². The summed E-state index contributed by atoms with van der Waals surface area (Å²) in [5, 5.41) is 19.2. The molecule has 0 saturated heterocycles. The summed E-state index contributed by atoms with van der Waals surface area (Å²) in [5.74, 6) is -3.53. The van der Waals surface area contributed by atoms with E-state index < -0.39 is 30.3 Å². The molecule has 0 aliphatic rings. The third-order valence-corrected chi connectivity index (χ3v) is 1.78. The minimum absolute atomic E-state index is 0.0795. The number of carbonyl (C=O) groups is 3. The van der Waals surface area contributed by atoms with Crippen molar-refractivity contribution in [2.75, 3.05) is 0 Å². The fourth-order valence-electron chi connectivity index (χ4n) is 1.02. The maximum Gasteiger partial charge on any atom is 0.326 e. The Bertz CT molecular complexity index is 434. The molecule has 0 aliphatic carbocycles. The number of carboxylic acid groups (broad SMARTS) is 2. The predicted octanol–water partition coefficient (Wildman–Crippen LogP) is -0.866. The molecule has 0 saturated carbocycles. The number of hydrogen-bond donors (Lipinski definition) is 3. The summed E-state index contributed by atoms with van der Waals surface area (Å²) in [6.07, 6.45) is 3.06. The van der Waals surface area contributed by atoms with E-state index in [1.54, 1.807) is 0 Å². The molecule has 1 atom stereocenters. The molecule has 17 heavy (non-hydrogen) atoms. The quantitative estimate of drug-likeness (QED) is 0.609. The number of aliphatic carboxylic acids is 2. The van der Waals surface area contributed by atoms with E-state index in [0.29, 0.717) is 0 Å². The molecule has 0 aliphatic heterocycles. The molecule has 90 valence electrons. The Labute approximate surface area is 95.3 Å². The summed E-state index contributed by atoms with van der Waals surface area (Å²) in [6, 6.07) is -1.50. The van der Waals surface area contributed by atoms with Crippen molar-refractivity contribution in [2.24, 2.45) is 0 Å². The third-order valence-electron chi connectivity index (χ3n) is 1.78. The number of rotatable bonds is 5. The topological polar surface area (TPSA) is 129 Å². The Morgan fingerprint density at radius 1 is 1.29 bits per heavy atom. The predicted molar refractivity (Wildman–Crippen MR) is 53.2 cm³/mol. The number of hydrogen-bond acceptors (Lipinski definition) is 5. The second-order valence-electron chi connectivity index (χ2n) is 3.05. The average molecular weight is 239 g/mol. The van der Waals surface area contributed by atoms with Crippen molar-refractivity contribution >= 4 is 17.8 Å². The van der Waals surface area contributed by atoms with Crippen LogP contribution in [0.4, 0.5) is 0 Å². The van der Waals surface area contributed by atoms with Crippen molar-refractivity contribution in [3.63, 3.8) is 0 Å². The van der Waals surface area contributed by atoms with E-state index in [0.717, 1.165) is 6.20 Å². The lowest BCUT2D eigenvalue weighted by atomic mass is 10.2. The van der Waals surface area contributed by atoms with Crippen LogP contribution in [-0.4, -0.2) is 44.1 Å². The highest BCUT2D eigenvalue weighted by atomic mass is 16.4. The molecular formula is C9H9N3O5. The molecule has 0 bridgehead atoms. The minimum Gasteiger partial charge on any atom is -0.481 e. The van der Waals surface area contributed by atoms with Crippen LogP contribution in [0.1, 0.15) is 16.9 Å². The standard InChI is InChI=1S/C9H9N3O5/c13-7(14)3-5(9(16)17)12-8(15)6-4-10-1-2-11-6/h1-2,4-5H,3H2,(H,12,15)(H,13,14)(H,16,17)/t5-/m0/s1. The summed E-state index contributed by atoms with van der Waals surface area (Å²) in [4.78, 5) is 39.8. The summed E-state index contributed by atoms with van der Waals surface area (Å²) in [5.41, 5.74) is -0.0795. The largest absolute Gasteiger partial charge is 0.481 e. The Balaban J connectivity index is 2.71. The van der Waals surface area contributed by atoms with Gasteiger partial charge in [-0.25, -0.2) is 9.78 Å². The van der Waals surface area contributed by atoms with Gasteiger partial charge < -0.3 is 15.5 Å². The summed E-state index contributed by atoms with van der Waals surface area (Å²) in [6.45, 7) is 0. The van der Waals surface area contributed by atoms with Crippen LogP contribution in [0.15, 0.2) is 18.6 Å². The zero-order valence-corrected chi connectivity index (χ0v) is 8.53. The summed E-state index contributed by atoms with van der Waals surface area (Å²) >= 11 is 0. The molecule has 0 radical (unpaired) electrons. The van der Waals surface area contributed by atoms with Crippen molar-refractivity contribution in [1.29, 1.82) is 0 Å². The fourth-order valence-corrected chi connectivity index (χ4v) is 1.02. The van der Waals surface area contributed by atoms with E-state index in [1.165, 1.54) is 12.4 Å². The number of carbonyl (C=O) groups excluding carboxylic acids is 1. The van der Waals surface area contributed by atoms with Crippen molar-refractivity contribution in [1.82, 2.24) is 15.3 Å². The second kappa shape index (κ2) is 5.54. The number of nitrogens with zero attached hydrogens (tertiary/aromatic N) is 2. The molecule has 1 amide bonds. The molecule has 1 aromatic heterocycles. The second-order valence-corrected chi connectivity index (χ2v) is 3.05. The highest BCUT2D eigenvalue weighted by Gasteiger charge is 2.23. The monoisotopic (exact) mass is 239 g/mol. The van der Waals surface area contributed by atoms with E-state index >= 15 is 0 Å². The molecule has 0 spiro atoms. The zero-order valence-electron chi connectivity index (χ0n) is 8.53. The molecule has 0 fully saturated rings. The molecule has 8 nitrogen and oxygen atoms in total. The number of aromatic nitrogens is 2. The van der Waals surface area contributed by atoms with Crippen LogP contribution >= 0.6 is 0 Å². The smallest absolute Gasteiger partial charge is 0.326 e. The number of carboxylic acids is 2. The number of nitrogens with one attached hydrogen (secondary N) is 1. The maximum atomic E-state index is 11.5. The molecule has 8 heteroatoms. The van der Waals surface area contributed by atoms with Crippen molar-refractivity contribution in [3.05, 3.63) is 24.3 Å². The fraction of sp³-hybridized carbons (Fsp3) is 0.222. The molecule has 1 rings (SSSR count). The first-order chi connectivity index (χ1) is 8.00. The molecule has 1 heterocycles. The maximum absolute atomic E-state index is 11.5. The lowest BCUT2D eigenvalue weighted by molar-refractivity contribution is -0.145. The molecular weight excluding hydrogens is 230 g/mol. The highest BCUT2D eigenvalue weighted by molar-refractivity contribution is 5.95. The van der Waals surface area contributed by atoms with Crippen LogP contribution < -0.4 is 5.32 Å². The van der Waals surface area contributed by atoms with Gasteiger partial charge in [0.15, 0.2) is 0 Å². The van der Waals surface area contributed by atoms with Crippen LogP contribution in [-0.2, 0) is 9.59 Å². The van der Waals surface area contributed by atoms with Gasteiger partial charge in [-0.05, 0) is 0 Å². The van der Waals surface area contributed by atoms with Gasteiger partial charge in [-0.2, -0.15) is 0 Å². The van der Waals surface area contributed by atoms with Gasteiger partial charge in [0.25, 0.3) is 5.91 Å². The summed E-state index contributed by atoms with van der Waals surface area (Å²) < 4.78 is 0. The van der Waals surface area contributed by atoms with Crippen molar-refractivity contribution < 1.29 is 24.6 Å². The Morgan fingerprint density at radius 2 is 2.00 bits per heavy atom. The first-order valence-corrected chi connectivity index (χ1v) is 4.52. The first kappa shape index (κ1) is 12.6. The van der Waals surface area contributed by atoms with Gasteiger partial charge in [0.2, 0.25) is 0 Å². The lowest BCUT2D eigenvalue weighted by Crippen LogP contribution is -2.42. The average Bonchev–Trinajstić information content (AvgIpc) is 2.28. The van der Waals surface area contributed by atoms with Gasteiger partial charge in [-0.15, -0.1) is 0 Å². The van der Waals surface area contributed by atoms with Crippen molar-refractivity contribution in [3.8, 4) is 0 Å². The van der Waals surface area contributed by atoms with Crippen LogP contribution in [0.2, 0.25) is 0 Å². The van der Waals surface area contributed by atoms with Gasteiger partial charge in [-0.1, -0.05) is 0 Å². The Kier molecular flexibility index (Phi) is 4.09. The van der Waals surface area contributed by atoms with Crippen LogP contribution in [0.5, 0.6) is 0 Å². The molecule has 3 N–H and O–H groups in total. The first-order valence-electron chi connectivity index (χ1n) is 4.52. The van der Waals surface area contributed by atoms with E-state index in [9.17, 15) is 14.4 Å². The molecule has 1 aromatic rings. The van der Waals surface area contributed by atoms with Gasteiger partial charge in [0.05, 0.1) is 12.6 Å². The SMILES string of the molecule is O=C(O)C[C@H](NC(=O)c1cnccn1)C(=O)O. The zero-order chi connectivity index (χ0) is 12.8. The van der Waals surface area contributed by atoms with Gasteiger partial charge in [0.1, 0.15) is 11.7 Å². The van der Waals surface area contributed by atoms with E-state index in [2.05, 4.69) is 9.97 Å². The van der Waals surface area contributed by atoms with E-state index in [4.69, 9.17) is 10.2 Å². The Hall–Kier alpha value is -2.51. The Morgan fingerprint density at radius 3 is 2.47 bits per heavy atom. The van der Waals surface area contributed by atoms with Crippen LogP contribution in [0.25, 0.3) is 0 Å². The van der Waals surface area contributed by atoms with Gasteiger partial charge in [0, 0.05) is 12.4 Å². The van der Waals surface area contributed by atoms with Crippen molar-refractivity contribution in [2.45, 2.75) is 12.5 Å². The van der Waals surface area contributed by atoms with E-state index in [-0.39, 0.29) is 5.69 Å². The van der Waals surface area contributed by atoms with Crippen LogP contribution in [0.3, 0.4) is 0 Å². The lowest BCUT2D eigenvalue weighted by Gasteiger charge is -2.11. The van der Waals surface area contributed by atoms with Gasteiger partial charge in [-0.3, -0.25) is 14.6 Å². The molecule has 0 aromatic carbocycles.